The molecule has 1 N–H and O–H groups in total. The fraction of sp³-hybridized carbons (Fsp3) is 0.900. The third-order valence-electron chi connectivity index (χ3n) is 2.98. The molecule has 76 valence electrons. The molecule has 0 spiro atoms. The summed E-state index contributed by atoms with van der Waals surface area (Å²) >= 11 is 0. The van der Waals surface area contributed by atoms with Crippen LogP contribution in [0.25, 0.3) is 0 Å². The van der Waals surface area contributed by atoms with E-state index in [2.05, 4.69) is 26.1 Å². The van der Waals surface area contributed by atoms with E-state index < -0.39 is 0 Å². The third kappa shape index (κ3) is 1.70. The number of nitrogens with one attached hydrogen (secondary N) is 1. The Morgan fingerprint density at radius 1 is 1.62 bits per heavy atom. The zero-order chi connectivity index (χ0) is 10.1. The van der Waals surface area contributed by atoms with Crippen molar-refractivity contribution in [1.29, 1.82) is 0 Å². The number of methoxy groups -OCH3 is 1. The molecule has 1 heterocycles. The molecule has 0 saturated carbocycles. The van der Waals surface area contributed by atoms with Gasteiger partial charge >= 0.3 is 5.97 Å². The molecule has 0 bridgehead atoms. The zero-order valence-electron chi connectivity index (χ0n) is 8.89. The monoisotopic (exact) mass is 185 g/mol. The number of hydrogen-bond donors (Lipinski definition) is 1. The normalized spacial score (nSPS) is 31.9. The number of rotatable bonds is 4. The summed E-state index contributed by atoms with van der Waals surface area (Å²) in [4.78, 5) is 11.3. The molecule has 1 fully saturated rings. The summed E-state index contributed by atoms with van der Waals surface area (Å²) in [6, 6.07) is -0.0718. The summed E-state index contributed by atoms with van der Waals surface area (Å²) in [5.74, 6) is 0.360. The summed E-state index contributed by atoms with van der Waals surface area (Å²) in [6.45, 7) is 6.43. The van der Waals surface area contributed by atoms with Crippen LogP contribution >= 0.6 is 0 Å². The predicted octanol–water partition coefficient (Wildman–Crippen LogP) is 1.33. The van der Waals surface area contributed by atoms with E-state index in [9.17, 15) is 4.79 Å². The van der Waals surface area contributed by atoms with Crippen molar-refractivity contribution in [2.24, 2.45) is 5.92 Å². The average Bonchev–Trinajstić information content (AvgIpc) is 2.80. The largest absolute Gasteiger partial charge is 0.468 e. The smallest absolute Gasteiger partial charge is 0.324 e. The fourth-order valence-corrected chi connectivity index (χ4v) is 2.03. The van der Waals surface area contributed by atoms with Crippen LogP contribution in [0.4, 0.5) is 0 Å². The molecule has 0 aromatic carbocycles. The molecule has 0 aliphatic carbocycles. The summed E-state index contributed by atoms with van der Waals surface area (Å²) in [7, 11) is 1.44. The van der Waals surface area contributed by atoms with Gasteiger partial charge in [0, 0.05) is 5.54 Å². The number of ether oxygens (including phenoxy) is 1. The molecule has 0 amide bonds. The first-order valence-corrected chi connectivity index (χ1v) is 4.94. The Bertz CT molecular complexity index is 203. The molecule has 0 radical (unpaired) electrons. The highest BCUT2D eigenvalue weighted by molar-refractivity contribution is 5.81. The van der Waals surface area contributed by atoms with Gasteiger partial charge in [0.1, 0.15) is 6.04 Å². The molecular formula is C10H19NO2. The second-order valence-electron chi connectivity index (χ2n) is 4.05. The number of hydrogen-bond acceptors (Lipinski definition) is 3. The molecule has 1 aliphatic rings. The maximum absolute atomic E-state index is 11.3. The summed E-state index contributed by atoms with van der Waals surface area (Å²) in [5.41, 5.74) is 0.0157. The van der Waals surface area contributed by atoms with Gasteiger partial charge in [-0.25, -0.2) is 0 Å². The van der Waals surface area contributed by atoms with Gasteiger partial charge < -0.3 is 4.74 Å². The molecule has 0 unspecified atom stereocenters. The van der Waals surface area contributed by atoms with E-state index in [4.69, 9.17) is 4.74 Å². The van der Waals surface area contributed by atoms with Gasteiger partial charge in [-0.2, -0.15) is 0 Å². The average molecular weight is 185 g/mol. The molecule has 13 heavy (non-hydrogen) atoms. The molecule has 1 saturated heterocycles. The lowest BCUT2D eigenvalue weighted by Crippen LogP contribution is -2.27. The van der Waals surface area contributed by atoms with Crippen LogP contribution in [-0.4, -0.2) is 24.7 Å². The highest BCUT2D eigenvalue weighted by Gasteiger charge is 2.59. The quantitative estimate of drug-likeness (QED) is 0.531. The van der Waals surface area contributed by atoms with Crippen molar-refractivity contribution in [3.8, 4) is 0 Å². The number of esters is 1. The SMILES string of the molecule is CCC[C@@]1(C(C)C)N[C@@H]1C(=O)OC. The highest BCUT2D eigenvalue weighted by Crippen LogP contribution is 2.39. The van der Waals surface area contributed by atoms with Gasteiger partial charge in [0.25, 0.3) is 0 Å². The Kier molecular flexibility index (Phi) is 2.96. The lowest BCUT2D eigenvalue weighted by molar-refractivity contribution is -0.140. The molecule has 3 heteroatoms. The molecule has 1 aliphatic heterocycles. The Morgan fingerprint density at radius 2 is 2.23 bits per heavy atom. The summed E-state index contributed by atoms with van der Waals surface area (Å²) in [6.07, 6.45) is 2.14. The first-order valence-electron chi connectivity index (χ1n) is 4.94. The van der Waals surface area contributed by atoms with E-state index in [-0.39, 0.29) is 17.6 Å². The summed E-state index contributed by atoms with van der Waals surface area (Å²) in [5, 5.41) is 3.26. The number of carbonyl (C=O) groups excluding carboxylic acids is 1. The van der Waals surface area contributed by atoms with Crippen LogP contribution in [0.3, 0.4) is 0 Å². The van der Waals surface area contributed by atoms with E-state index in [0.29, 0.717) is 5.92 Å². The summed E-state index contributed by atoms with van der Waals surface area (Å²) < 4.78 is 4.72. The van der Waals surface area contributed by atoms with E-state index >= 15 is 0 Å². The van der Waals surface area contributed by atoms with Crippen LogP contribution in [0.15, 0.2) is 0 Å². The highest BCUT2D eigenvalue weighted by atomic mass is 16.5. The minimum absolute atomic E-state index is 0.0157. The van der Waals surface area contributed by atoms with E-state index in [1.165, 1.54) is 7.11 Å². The maximum atomic E-state index is 11.3. The van der Waals surface area contributed by atoms with Crippen molar-refractivity contribution in [2.45, 2.75) is 45.2 Å². The van der Waals surface area contributed by atoms with Gasteiger partial charge in [0.2, 0.25) is 0 Å². The van der Waals surface area contributed by atoms with Crippen molar-refractivity contribution < 1.29 is 9.53 Å². The van der Waals surface area contributed by atoms with Crippen LogP contribution in [0.2, 0.25) is 0 Å². The van der Waals surface area contributed by atoms with Crippen molar-refractivity contribution >= 4 is 5.97 Å². The van der Waals surface area contributed by atoms with Crippen molar-refractivity contribution in [3.63, 3.8) is 0 Å². The fourth-order valence-electron chi connectivity index (χ4n) is 2.03. The van der Waals surface area contributed by atoms with Gasteiger partial charge in [-0.05, 0) is 12.3 Å². The molecule has 2 atom stereocenters. The predicted molar refractivity (Wildman–Crippen MR) is 51.4 cm³/mol. The Balaban J connectivity index is 2.61. The lowest BCUT2D eigenvalue weighted by Gasteiger charge is -2.17. The first kappa shape index (κ1) is 10.5. The number of carbonyl (C=O) groups is 1. The second-order valence-corrected chi connectivity index (χ2v) is 4.05. The van der Waals surface area contributed by atoms with Crippen LogP contribution < -0.4 is 5.32 Å². The minimum atomic E-state index is -0.123. The topological polar surface area (TPSA) is 48.2 Å². The van der Waals surface area contributed by atoms with Gasteiger partial charge in [-0.3, -0.25) is 10.1 Å². The van der Waals surface area contributed by atoms with Crippen LogP contribution in [0.1, 0.15) is 33.6 Å². The van der Waals surface area contributed by atoms with Crippen molar-refractivity contribution in [3.05, 3.63) is 0 Å². The Hall–Kier alpha value is -0.570. The third-order valence-corrected chi connectivity index (χ3v) is 2.98. The molecule has 0 aromatic heterocycles. The van der Waals surface area contributed by atoms with Crippen LogP contribution in [0.5, 0.6) is 0 Å². The molecule has 3 nitrogen and oxygen atoms in total. The maximum Gasteiger partial charge on any atom is 0.324 e. The van der Waals surface area contributed by atoms with Crippen LogP contribution in [-0.2, 0) is 9.53 Å². The standard InChI is InChI=1S/C10H19NO2/c1-5-6-10(7(2)3)8(11-10)9(12)13-4/h7-8,11H,5-6H2,1-4H3/t8-,10+/m1/s1. The van der Waals surface area contributed by atoms with E-state index in [1.54, 1.807) is 0 Å². The van der Waals surface area contributed by atoms with Crippen molar-refractivity contribution in [2.75, 3.05) is 7.11 Å². The van der Waals surface area contributed by atoms with Gasteiger partial charge in [-0.1, -0.05) is 27.2 Å². The lowest BCUT2D eigenvalue weighted by atomic mass is 9.87. The zero-order valence-corrected chi connectivity index (χ0v) is 8.89. The molecule has 0 aromatic rings. The second kappa shape index (κ2) is 3.66. The van der Waals surface area contributed by atoms with Gasteiger partial charge in [0.05, 0.1) is 7.11 Å². The van der Waals surface area contributed by atoms with E-state index in [1.807, 2.05) is 0 Å². The van der Waals surface area contributed by atoms with Gasteiger partial charge in [0.15, 0.2) is 0 Å². The van der Waals surface area contributed by atoms with E-state index in [0.717, 1.165) is 12.8 Å². The van der Waals surface area contributed by atoms with Gasteiger partial charge in [-0.15, -0.1) is 0 Å². The Morgan fingerprint density at radius 3 is 2.62 bits per heavy atom. The first-order chi connectivity index (χ1) is 6.08. The Labute approximate surface area is 79.8 Å². The molecular weight excluding hydrogens is 166 g/mol. The molecule has 1 rings (SSSR count). The minimum Gasteiger partial charge on any atom is -0.468 e. The van der Waals surface area contributed by atoms with Crippen molar-refractivity contribution in [1.82, 2.24) is 5.32 Å². The van der Waals surface area contributed by atoms with Crippen LogP contribution in [0, 0.1) is 5.92 Å².